The van der Waals surface area contributed by atoms with Crippen molar-refractivity contribution in [1.29, 1.82) is 0 Å². The summed E-state index contributed by atoms with van der Waals surface area (Å²) in [5, 5.41) is 26.8. The highest BCUT2D eigenvalue weighted by Crippen LogP contribution is 2.48. The Bertz CT molecular complexity index is 3150. The fourth-order valence-electron chi connectivity index (χ4n) is 4.81. The van der Waals surface area contributed by atoms with Gasteiger partial charge in [-0.25, -0.2) is 12.6 Å². The summed E-state index contributed by atoms with van der Waals surface area (Å²) < 4.78 is 163. The van der Waals surface area contributed by atoms with Crippen LogP contribution in [-0.4, -0.2) is 92.7 Å². The SMILES string of the molecule is Nc1c(N=Nc2ccc(S(=O)(=O)CCOS(=O)(=O)O)cc2)c(S(=O)(=O)O)cc2cc(S(=O)(=O)O)c(N=Nc3cc(Nc4nc(Cl)nc(Cl)n4)ccc3S(=O)(=O)O)c(O)c12. The first kappa shape index (κ1) is 45.0. The Kier molecular flexibility index (Phi) is 12.6. The summed E-state index contributed by atoms with van der Waals surface area (Å²) in [5.74, 6) is -2.36. The van der Waals surface area contributed by atoms with E-state index >= 15 is 0 Å². The molecule has 0 unspecified atom stereocenters. The molecular weight excluding hydrogens is 938 g/mol. The summed E-state index contributed by atoms with van der Waals surface area (Å²) in [4.78, 5) is 7.46. The van der Waals surface area contributed by atoms with Gasteiger partial charge in [0.2, 0.25) is 16.5 Å². The molecule has 0 bridgehead atoms. The first-order chi connectivity index (χ1) is 27.1. The van der Waals surface area contributed by atoms with Gasteiger partial charge in [-0.15, -0.1) is 15.3 Å². The number of phenolic OH excluding ortho intramolecular Hbond substituents is 1. The number of anilines is 3. The number of fused-ring (bicyclic) bond motifs is 1. The number of nitrogens with zero attached hydrogens (tertiary/aromatic N) is 7. The summed E-state index contributed by atoms with van der Waals surface area (Å²) in [7, 11) is -24.9. The Balaban J connectivity index is 1.63. The second-order valence-electron chi connectivity index (χ2n) is 11.2. The van der Waals surface area contributed by atoms with Crippen LogP contribution in [0.15, 0.2) is 94.6 Å². The van der Waals surface area contributed by atoms with E-state index in [0.29, 0.717) is 12.1 Å². The second-order valence-corrected chi connectivity index (χ2v) is 19.2. The Hall–Kier alpha value is -5.12. The largest absolute Gasteiger partial charge is 0.505 e. The van der Waals surface area contributed by atoms with Gasteiger partial charge in [-0.05, 0) is 83.2 Å². The van der Waals surface area contributed by atoms with E-state index in [1.807, 2.05) is 0 Å². The molecule has 59 heavy (non-hydrogen) atoms. The van der Waals surface area contributed by atoms with Crippen LogP contribution >= 0.6 is 23.2 Å². The zero-order chi connectivity index (χ0) is 43.9. The van der Waals surface area contributed by atoms with E-state index in [1.54, 1.807) is 0 Å². The summed E-state index contributed by atoms with van der Waals surface area (Å²) in [5.41, 5.74) is 2.43. The molecule has 0 amide bonds. The van der Waals surface area contributed by atoms with E-state index in [2.05, 4.69) is 44.9 Å². The van der Waals surface area contributed by atoms with Crippen molar-refractivity contribution < 1.29 is 69.6 Å². The molecule has 8 N–H and O–H groups in total. The molecule has 0 spiro atoms. The molecule has 1 aromatic heterocycles. The Morgan fingerprint density at radius 1 is 0.678 bits per heavy atom. The summed E-state index contributed by atoms with van der Waals surface area (Å²) in [6.07, 6.45) is 0. The van der Waals surface area contributed by atoms with Crippen molar-refractivity contribution in [3.8, 4) is 5.75 Å². The first-order valence-corrected chi connectivity index (χ1v) is 23.0. The highest BCUT2D eigenvalue weighted by molar-refractivity contribution is 7.91. The number of nitrogens with one attached hydrogen (secondary N) is 1. The number of nitrogens with two attached hydrogens (primary N) is 1. The topological polar surface area (TPSA) is 407 Å². The lowest BCUT2D eigenvalue weighted by molar-refractivity contribution is 0.284. The van der Waals surface area contributed by atoms with Gasteiger partial charge in [-0.2, -0.15) is 53.7 Å². The summed E-state index contributed by atoms with van der Waals surface area (Å²) in [6.45, 7) is -0.921. The maximum Gasteiger partial charge on any atom is 0.397 e. The number of benzene rings is 4. The predicted octanol–water partition coefficient (Wildman–Crippen LogP) is 4.53. The van der Waals surface area contributed by atoms with E-state index in [1.165, 1.54) is 0 Å². The van der Waals surface area contributed by atoms with E-state index in [-0.39, 0.29) is 32.8 Å². The lowest BCUT2D eigenvalue weighted by Crippen LogP contribution is -2.15. The third-order valence-electron chi connectivity index (χ3n) is 7.25. The number of aromatic hydroxyl groups is 1. The minimum atomic E-state index is -5.41. The fraction of sp³-hybridized carbons (Fsp3) is 0.0741. The highest BCUT2D eigenvalue weighted by Gasteiger charge is 2.28. The van der Waals surface area contributed by atoms with Gasteiger partial charge in [0.15, 0.2) is 15.6 Å². The van der Waals surface area contributed by atoms with Crippen LogP contribution in [0.3, 0.4) is 0 Å². The van der Waals surface area contributed by atoms with Crippen molar-refractivity contribution in [2.75, 3.05) is 23.4 Å². The van der Waals surface area contributed by atoms with Crippen LogP contribution in [-0.2, 0) is 54.8 Å². The zero-order valence-corrected chi connectivity index (χ0v) is 33.9. The maximum absolute atomic E-state index is 12.5. The Labute approximate surface area is 341 Å². The first-order valence-electron chi connectivity index (χ1n) is 14.9. The van der Waals surface area contributed by atoms with Crippen LogP contribution in [0.4, 0.5) is 40.1 Å². The monoisotopic (exact) mass is 957 g/mol. The van der Waals surface area contributed by atoms with E-state index in [9.17, 15) is 60.9 Å². The fourth-order valence-corrected chi connectivity index (χ4v) is 8.59. The summed E-state index contributed by atoms with van der Waals surface area (Å²) >= 11 is 11.5. The molecule has 0 aliphatic heterocycles. The van der Waals surface area contributed by atoms with Gasteiger partial charge in [0.05, 0.1) is 34.0 Å². The number of aromatic nitrogens is 3. The van der Waals surface area contributed by atoms with Crippen LogP contribution in [0.2, 0.25) is 10.6 Å². The highest BCUT2D eigenvalue weighted by atomic mass is 35.5. The number of halogens is 2. The van der Waals surface area contributed by atoms with Crippen molar-refractivity contribution in [3.05, 3.63) is 65.2 Å². The molecule has 25 nitrogen and oxygen atoms in total. The molecule has 4 aromatic carbocycles. The van der Waals surface area contributed by atoms with Gasteiger partial charge < -0.3 is 16.2 Å². The molecule has 0 saturated heterocycles. The van der Waals surface area contributed by atoms with E-state index in [0.717, 1.165) is 42.5 Å². The van der Waals surface area contributed by atoms with Crippen LogP contribution in [0.1, 0.15) is 0 Å². The smallest absolute Gasteiger partial charge is 0.397 e. The van der Waals surface area contributed by atoms with Crippen molar-refractivity contribution in [1.82, 2.24) is 15.0 Å². The lowest BCUT2D eigenvalue weighted by atomic mass is 10.1. The molecular formula is C27H21Cl2N9O16S5. The van der Waals surface area contributed by atoms with Gasteiger partial charge in [0.1, 0.15) is 31.7 Å². The second kappa shape index (κ2) is 16.5. The van der Waals surface area contributed by atoms with Gasteiger partial charge in [-0.3, -0.25) is 18.2 Å². The normalized spacial score (nSPS) is 13.1. The van der Waals surface area contributed by atoms with Crippen molar-refractivity contribution >= 4 is 125 Å². The van der Waals surface area contributed by atoms with E-state index in [4.69, 9.17) is 33.5 Å². The van der Waals surface area contributed by atoms with Gasteiger partial charge in [0.25, 0.3) is 30.4 Å². The molecule has 5 rings (SSSR count). The Morgan fingerprint density at radius 2 is 1.22 bits per heavy atom. The number of hydrogen-bond acceptors (Lipinski definition) is 21. The standard InChI is InChI=1S/C27H21Cl2N9O16S5/c28-25-32-26(29)34-27(33-25)31-14-3-6-17(56(42,43)44)16(11-14)36-38-23-19(58(48,49)50)10-12-9-18(57(45,46)47)22(21(30)20(12)24(23)39)37-35-13-1-4-15(5-2-13)55(40,41)8-7-54-59(51,52)53/h1-6,9-11,39H,7-8,30H2,(H,42,43,44)(H,45,46,47)(H,48,49,50)(H,51,52,53)(H,31,32,33,34). The number of nitrogen functional groups attached to an aromatic ring is 1. The number of rotatable bonds is 14. The minimum Gasteiger partial charge on any atom is -0.505 e. The molecule has 0 aliphatic rings. The molecule has 5 aromatic rings. The van der Waals surface area contributed by atoms with Crippen LogP contribution in [0.5, 0.6) is 5.75 Å². The molecule has 0 atom stereocenters. The van der Waals surface area contributed by atoms with Gasteiger partial charge in [-0.1, -0.05) is 0 Å². The van der Waals surface area contributed by atoms with Gasteiger partial charge in [0, 0.05) is 5.69 Å². The maximum atomic E-state index is 12.5. The predicted molar refractivity (Wildman–Crippen MR) is 203 cm³/mol. The van der Waals surface area contributed by atoms with Crippen molar-refractivity contribution in [2.45, 2.75) is 19.6 Å². The van der Waals surface area contributed by atoms with Crippen LogP contribution < -0.4 is 11.1 Å². The van der Waals surface area contributed by atoms with Gasteiger partial charge >= 0.3 is 10.4 Å². The number of phenols is 1. The molecule has 0 aliphatic carbocycles. The summed E-state index contributed by atoms with van der Waals surface area (Å²) in [6, 6.07) is 8.07. The quantitative estimate of drug-likeness (QED) is 0.0456. The molecule has 0 fully saturated rings. The Morgan fingerprint density at radius 3 is 1.76 bits per heavy atom. The number of azo groups is 2. The molecule has 32 heteroatoms. The number of sulfone groups is 1. The number of hydrogen-bond donors (Lipinski definition) is 7. The van der Waals surface area contributed by atoms with Crippen LogP contribution in [0, 0.1) is 0 Å². The molecule has 314 valence electrons. The van der Waals surface area contributed by atoms with Crippen LogP contribution in [0.25, 0.3) is 10.8 Å². The lowest BCUT2D eigenvalue weighted by Gasteiger charge is -2.14. The third kappa shape index (κ3) is 10.9. The molecule has 0 radical (unpaired) electrons. The third-order valence-corrected chi connectivity index (χ3v) is 12.4. The van der Waals surface area contributed by atoms with E-state index < -0.39 is 117 Å². The minimum absolute atomic E-state index is 0.0547. The van der Waals surface area contributed by atoms with Crippen molar-refractivity contribution in [2.24, 2.45) is 20.5 Å². The average molecular weight is 959 g/mol. The average Bonchev–Trinajstić information content (AvgIpc) is 3.08. The van der Waals surface area contributed by atoms with Crippen molar-refractivity contribution in [3.63, 3.8) is 0 Å². The molecule has 0 saturated carbocycles. The molecule has 1 heterocycles. The zero-order valence-electron chi connectivity index (χ0n) is 28.3.